The van der Waals surface area contributed by atoms with Gasteiger partial charge in [0.15, 0.2) is 17.1 Å². The Labute approximate surface area is 140 Å². The lowest BCUT2D eigenvalue weighted by Crippen LogP contribution is -1.99. The van der Waals surface area contributed by atoms with Crippen LogP contribution in [0.2, 0.25) is 0 Å². The first-order valence-corrected chi connectivity index (χ1v) is 7.55. The molecule has 0 bridgehead atoms. The molecule has 8 heteroatoms. The van der Waals surface area contributed by atoms with E-state index in [1.807, 2.05) is 12.1 Å². The lowest BCUT2D eigenvalue weighted by Gasteiger charge is -2.02. The second-order valence-corrected chi connectivity index (χ2v) is 5.45. The van der Waals surface area contributed by atoms with Crippen LogP contribution in [-0.2, 0) is 0 Å². The summed E-state index contributed by atoms with van der Waals surface area (Å²) >= 11 is 0. The molecule has 0 radical (unpaired) electrons. The molecule has 120 valence electrons. The van der Waals surface area contributed by atoms with Gasteiger partial charge in [-0.2, -0.15) is 5.10 Å². The molecule has 0 aliphatic carbocycles. The minimum atomic E-state index is -0.296. The first-order chi connectivity index (χ1) is 12.3. The molecule has 5 aromatic rings. The summed E-state index contributed by atoms with van der Waals surface area (Å²) in [5, 5.41) is 9.59. The number of hydrogen-bond acceptors (Lipinski definition) is 5. The first kappa shape index (κ1) is 13.7. The standard InChI is InChI=1S/C17H10FN7/c18-12-1-3-13(4-2-12)25-16-14(9-21-25)17-22-15(23-24(17)10-20-16)11-5-7-19-8-6-11/h1-10H. The van der Waals surface area contributed by atoms with Crippen LogP contribution in [0.25, 0.3) is 33.8 Å². The van der Waals surface area contributed by atoms with E-state index in [-0.39, 0.29) is 5.82 Å². The van der Waals surface area contributed by atoms with Crippen molar-refractivity contribution >= 4 is 16.7 Å². The Morgan fingerprint density at radius 3 is 2.52 bits per heavy atom. The summed E-state index contributed by atoms with van der Waals surface area (Å²) in [5.41, 5.74) is 2.89. The van der Waals surface area contributed by atoms with Crippen molar-refractivity contribution in [1.82, 2.24) is 34.3 Å². The van der Waals surface area contributed by atoms with Gasteiger partial charge in [-0.15, -0.1) is 5.10 Å². The molecular formula is C17H10FN7. The monoisotopic (exact) mass is 331 g/mol. The molecule has 4 heterocycles. The van der Waals surface area contributed by atoms with Crippen LogP contribution in [0.15, 0.2) is 61.3 Å². The van der Waals surface area contributed by atoms with Crippen LogP contribution < -0.4 is 0 Å². The molecule has 0 atom stereocenters. The molecule has 0 aliphatic heterocycles. The average molecular weight is 331 g/mol. The van der Waals surface area contributed by atoms with Crippen molar-refractivity contribution in [3.63, 3.8) is 0 Å². The molecule has 25 heavy (non-hydrogen) atoms. The molecule has 0 N–H and O–H groups in total. The zero-order valence-corrected chi connectivity index (χ0v) is 12.8. The van der Waals surface area contributed by atoms with Gasteiger partial charge in [-0.1, -0.05) is 0 Å². The highest BCUT2D eigenvalue weighted by molar-refractivity contribution is 5.89. The van der Waals surface area contributed by atoms with Crippen molar-refractivity contribution in [1.29, 1.82) is 0 Å². The highest BCUT2D eigenvalue weighted by atomic mass is 19.1. The topological polar surface area (TPSA) is 73.8 Å². The van der Waals surface area contributed by atoms with Gasteiger partial charge in [0.25, 0.3) is 0 Å². The maximum absolute atomic E-state index is 13.1. The summed E-state index contributed by atoms with van der Waals surface area (Å²) in [5.74, 6) is 0.293. The summed E-state index contributed by atoms with van der Waals surface area (Å²) in [7, 11) is 0. The van der Waals surface area contributed by atoms with E-state index < -0.39 is 0 Å². The predicted octanol–water partition coefficient (Wildman–Crippen LogP) is 2.66. The Balaban J connectivity index is 1.71. The number of aromatic nitrogens is 7. The molecule has 0 aliphatic rings. The van der Waals surface area contributed by atoms with Crippen LogP contribution in [0.4, 0.5) is 4.39 Å². The fourth-order valence-corrected chi connectivity index (χ4v) is 2.72. The molecule has 7 nitrogen and oxygen atoms in total. The normalized spacial score (nSPS) is 11.4. The molecule has 0 spiro atoms. The summed E-state index contributed by atoms with van der Waals surface area (Å²) in [6.45, 7) is 0. The lowest BCUT2D eigenvalue weighted by atomic mass is 10.2. The number of nitrogens with zero attached hydrogens (tertiary/aromatic N) is 7. The van der Waals surface area contributed by atoms with Crippen molar-refractivity contribution < 1.29 is 4.39 Å². The smallest absolute Gasteiger partial charge is 0.182 e. The Kier molecular flexibility index (Phi) is 2.84. The van der Waals surface area contributed by atoms with Crippen LogP contribution in [0.3, 0.4) is 0 Å². The van der Waals surface area contributed by atoms with E-state index in [0.717, 1.165) is 16.6 Å². The fraction of sp³-hybridized carbons (Fsp3) is 0. The molecule has 0 fully saturated rings. The maximum atomic E-state index is 13.1. The highest BCUT2D eigenvalue weighted by Gasteiger charge is 2.14. The number of rotatable bonds is 2. The Hall–Kier alpha value is -3.68. The summed E-state index contributed by atoms with van der Waals surface area (Å²) < 4.78 is 16.4. The van der Waals surface area contributed by atoms with Gasteiger partial charge in [0.05, 0.1) is 17.3 Å². The second kappa shape index (κ2) is 5.17. The predicted molar refractivity (Wildman–Crippen MR) is 88.6 cm³/mol. The summed E-state index contributed by atoms with van der Waals surface area (Å²) in [6.07, 6.45) is 6.67. The van der Waals surface area contributed by atoms with Crippen LogP contribution in [0.5, 0.6) is 0 Å². The van der Waals surface area contributed by atoms with Gasteiger partial charge in [0.2, 0.25) is 0 Å². The molecule has 5 rings (SSSR count). The van der Waals surface area contributed by atoms with Gasteiger partial charge in [0.1, 0.15) is 12.1 Å². The number of fused-ring (bicyclic) bond motifs is 3. The SMILES string of the molecule is Fc1ccc(-n2ncc3c2ncn2nc(-c4ccncc4)nc32)cc1. The zero-order valence-electron chi connectivity index (χ0n) is 12.8. The van der Waals surface area contributed by atoms with Crippen molar-refractivity contribution in [2.75, 3.05) is 0 Å². The largest absolute Gasteiger partial charge is 0.265 e. The number of halogens is 1. The van der Waals surface area contributed by atoms with Crippen LogP contribution in [0.1, 0.15) is 0 Å². The molecule has 0 saturated carbocycles. The zero-order chi connectivity index (χ0) is 16.8. The minimum Gasteiger partial charge on any atom is -0.265 e. The van der Waals surface area contributed by atoms with Gasteiger partial charge < -0.3 is 0 Å². The van der Waals surface area contributed by atoms with E-state index in [2.05, 4.69) is 25.1 Å². The van der Waals surface area contributed by atoms with E-state index in [4.69, 9.17) is 0 Å². The average Bonchev–Trinajstić information content (AvgIpc) is 3.27. The number of pyridine rings is 1. The van der Waals surface area contributed by atoms with Gasteiger partial charge in [0, 0.05) is 18.0 Å². The minimum absolute atomic E-state index is 0.296. The van der Waals surface area contributed by atoms with Gasteiger partial charge in [-0.25, -0.2) is 23.6 Å². The Bertz CT molecular complexity index is 1190. The van der Waals surface area contributed by atoms with Crippen molar-refractivity contribution in [3.05, 3.63) is 67.1 Å². The second-order valence-electron chi connectivity index (χ2n) is 5.45. The van der Waals surface area contributed by atoms with E-state index in [1.54, 1.807) is 46.2 Å². The van der Waals surface area contributed by atoms with Crippen molar-refractivity contribution in [2.45, 2.75) is 0 Å². The van der Waals surface area contributed by atoms with E-state index in [9.17, 15) is 4.39 Å². The maximum Gasteiger partial charge on any atom is 0.182 e. The quantitative estimate of drug-likeness (QED) is 0.497. The van der Waals surface area contributed by atoms with E-state index >= 15 is 0 Å². The molecule has 0 unspecified atom stereocenters. The van der Waals surface area contributed by atoms with E-state index in [0.29, 0.717) is 17.1 Å². The Morgan fingerprint density at radius 2 is 1.72 bits per heavy atom. The van der Waals surface area contributed by atoms with Gasteiger partial charge >= 0.3 is 0 Å². The summed E-state index contributed by atoms with van der Waals surface area (Å²) in [4.78, 5) is 13.0. The highest BCUT2D eigenvalue weighted by Crippen LogP contribution is 2.22. The third kappa shape index (κ3) is 2.15. The van der Waals surface area contributed by atoms with E-state index in [1.165, 1.54) is 12.1 Å². The van der Waals surface area contributed by atoms with Crippen LogP contribution in [0, 0.1) is 5.82 Å². The third-order valence-corrected chi connectivity index (χ3v) is 3.92. The number of benzene rings is 1. The third-order valence-electron chi connectivity index (χ3n) is 3.92. The molecule has 0 saturated heterocycles. The Morgan fingerprint density at radius 1 is 0.920 bits per heavy atom. The lowest BCUT2D eigenvalue weighted by molar-refractivity contribution is 0.627. The van der Waals surface area contributed by atoms with Gasteiger partial charge in [-0.3, -0.25) is 4.98 Å². The number of hydrogen-bond donors (Lipinski definition) is 0. The van der Waals surface area contributed by atoms with Crippen LogP contribution >= 0.6 is 0 Å². The molecule has 1 aromatic carbocycles. The van der Waals surface area contributed by atoms with Crippen LogP contribution in [-0.4, -0.2) is 34.3 Å². The molecule has 0 amide bonds. The van der Waals surface area contributed by atoms with Crippen molar-refractivity contribution in [2.24, 2.45) is 0 Å². The van der Waals surface area contributed by atoms with Gasteiger partial charge in [-0.05, 0) is 36.4 Å². The van der Waals surface area contributed by atoms with Crippen molar-refractivity contribution in [3.8, 4) is 17.1 Å². The summed E-state index contributed by atoms with van der Waals surface area (Å²) in [6, 6.07) is 9.78. The molecule has 4 aromatic heterocycles. The first-order valence-electron chi connectivity index (χ1n) is 7.55. The fourth-order valence-electron chi connectivity index (χ4n) is 2.72. The molecular weight excluding hydrogens is 321 g/mol.